The van der Waals surface area contributed by atoms with E-state index in [1.807, 2.05) is 6.07 Å². The molecule has 0 spiro atoms. The molecule has 1 aromatic heterocycles. The summed E-state index contributed by atoms with van der Waals surface area (Å²) in [5, 5.41) is 13.6. The van der Waals surface area contributed by atoms with Crippen LogP contribution in [-0.4, -0.2) is 16.7 Å². The lowest BCUT2D eigenvalue weighted by Gasteiger charge is -2.01. The molecule has 1 heterocycles. The quantitative estimate of drug-likeness (QED) is 0.880. The van der Waals surface area contributed by atoms with Gasteiger partial charge in [0.25, 0.3) is 0 Å². The molecule has 0 aliphatic heterocycles. The summed E-state index contributed by atoms with van der Waals surface area (Å²) in [6.07, 6.45) is 1.01. The molecule has 4 heteroatoms. The van der Waals surface area contributed by atoms with E-state index in [1.165, 1.54) is 5.56 Å². The number of rotatable bonds is 5. The third-order valence-electron chi connectivity index (χ3n) is 2.47. The summed E-state index contributed by atoms with van der Waals surface area (Å²) in [6, 6.07) is 10.5. The molecule has 0 radical (unpaired) electrons. The van der Waals surface area contributed by atoms with Crippen molar-refractivity contribution in [1.29, 1.82) is 0 Å². The number of anilines is 1. The van der Waals surface area contributed by atoms with E-state index in [2.05, 4.69) is 53.6 Å². The van der Waals surface area contributed by atoms with Crippen LogP contribution in [0.2, 0.25) is 0 Å². The molecule has 0 unspecified atom stereocenters. The van der Waals surface area contributed by atoms with Gasteiger partial charge in [-0.1, -0.05) is 55.5 Å². The van der Waals surface area contributed by atoms with Gasteiger partial charge in [0.1, 0.15) is 5.01 Å². The van der Waals surface area contributed by atoms with Crippen LogP contribution in [-0.2, 0) is 6.42 Å². The predicted octanol–water partition coefficient (Wildman–Crippen LogP) is 3.32. The van der Waals surface area contributed by atoms with E-state index >= 15 is 0 Å². The number of nitrogens with one attached hydrogen (secondary N) is 1. The number of nitrogens with zero attached hydrogens (tertiary/aromatic N) is 2. The number of aromatic nitrogens is 2. The lowest BCUT2D eigenvalue weighted by atomic mass is 10.2. The highest BCUT2D eigenvalue weighted by Gasteiger charge is 2.06. The van der Waals surface area contributed by atoms with Crippen molar-refractivity contribution in [3.05, 3.63) is 40.9 Å². The Morgan fingerprint density at radius 3 is 2.59 bits per heavy atom. The second kappa shape index (κ2) is 5.77. The van der Waals surface area contributed by atoms with Crippen LogP contribution in [0.4, 0.5) is 5.13 Å². The minimum absolute atomic E-state index is 0.456. The average molecular weight is 247 g/mol. The van der Waals surface area contributed by atoms with Crippen LogP contribution in [0, 0.1) is 0 Å². The van der Waals surface area contributed by atoms with E-state index in [-0.39, 0.29) is 0 Å². The zero-order valence-electron chi connectivity index (χ0n) is 10.2. The van der Waals surface area contributed by atoms with Crippen molar-refractivity contribution in [1.82, 2.24) is 10.2 Å². The van der Waals surface area contributed by atoms with Crippen molar-refractivity contribution in [3.63, 3.8) is 0 Å². The monoisotopic (exact) mass is 247 g/mol. The summed E-state index contributed by atoms with van der Waals surface area (Å²) in [6.45, 7) is 5.17. The summed E-state index contributed by atoms with van der Waals surface area (Å²) in [5.74, 6) is 0.456. The van der Waals surface area contributed by atoms with Crippen molar-refractivity contribution < 1.29 is 0 Å². The maximum atomic E-state index is 4.15. The summed E-state index contributed by atoms with van der Waals surface area (Å²) in [5.41, 5.74) is 1.34. The molecular weight excluding hydrogens is 230 g/mol. The molecule has 0 saturated carbocycles. The van der Waals surface area contributed by atoms with Crippen molar-refractivity contribution in [3.8, 4) is 0 Å². The second-order valence-corrected chi connectivity index (χ2v) is 5.27. The van der Waals surface area contributed by atoms with E-state index in [1.54, 1.807) is 11.3 Å². The Morgan fingerprint density at radius 1 is 1.18 bits per heavy atom. The Hall–Kier alpha value is -1.42. The number of benzene rings is 1. The van der Waals surface area contributed by atoms with Crippen LogP contribution in [0.25, 0.3) is 0 Å². The molecule has 0 fully saturated rings. The highest BCUT2D eigenvalue weighted by atomic mass is 32.1. The van der Waals surface area contributed by atoms with Gasteiger partial charge in [-0.25, -0.2) is 0 Å². The van der Waals surface area contributed by atoms with E-state index in [9.17, 15) is 0 Å². The van der Waals surface area contributed by atoms with Gasteiger partial charge in [-0.15, -0.1) is 10.2 Å². The Kier molecular flexibility index (Phi) is 4.09. The smallest absolute Gasteiger partial charge is 0.205 e. The summed E-state index contributed by atoms with van der Waals surface area (Å²) >= 11 is 1.64. The minimum atomic E-state index is 0.456. The van der Waals surface area contributed by atoms with E-state index in [0.717, 1.165) is 23.1 Å². The highest BCUT2D eigenvalue weighted by Crippen LogP contribution is 2.22. The minimum Gasteiger partial charge on any atom is -0.360 e. The summed E-state index contributed by atoms with van der Waals surface area (Å²) in [4.78, 5) is 0. The second-order valence-electron chi connectivity index (χ2n) is 4.26. The lowest BCUT2D eigenvalue weighted by Crippen LogP contribution is -2.04. The van der Waals surface area contributed by atoms with Crippen molar-refractivity contribution in [2.75, 3.05) is 11.9 Å². The van der Waals surface area contributed by atoms with Crippen LogP contribution in [0.1, 0.15) is 30.3 Å². The molecular formula is C13H17N3S. The van der Waals surface area contributed by atoms with Crippen molar-refractivity contribution >= 4 is 16.5 Å². The fraction of sp³-hybridized carbons (Fsp3) is 0.385. The molecule has 1 N–H and O–H groups in total. The standard InChI is InChI=1S/C13H17N3S/c1-10(2)12-15-16-13(17-12)14-9-8-11-6-4-3-5-7-11/h3-7,10H,8-9H2,1-2H3,(H,14,16). The van der Waals surface area contributed by atoms with Gasteiger partial charge in [-0.3, -0.25) is 0 Å². The Morgan fingerprint density at radius 2 is 1.94 bits per heavy atom. The molecule has 0 atom stereocenters. The first-order valence-corrected chi connectivity index (χ1v) is 6.68. The molecule has 90 valence electrons. The zero-order chi connectivity index (χ0) is 12.1. The van der Waals surface area contributed by atoms with E-state index in [0.29, 0.717) is 5.92 Å². The largest absolute Gasteiger partial charge is 0.360 e. The lowest BCUT2D eigenvalue weighted by molar-refractivity contribution is 0.824. The summed E-state index contributed by atoms with van der Waals surface area (Å²) in [7, 11) is 0. The van der Waals surface area contributed by atoms with Gasteiger partial charge in [0.05, 0.1) is 0 Å². The van der Waals surface area contributed by atoms with Gasteiger partial charge in [0, 0.05) is 12.5 Å². The SMILES string of the molecule is CC(C)c1nnc(NCCc2ccccc2)s1. The van der Waals surface area contributed by atoms with Crippen LogP contribution < -0.4 is 5.32 Å². The van der Waals surface area contributed by atoms with Crippen molar-refractivity contribution in [2.24, 2.45) is 0 Å². The van der Waals surface area contributed by atoms with Gasteiger partial charge in [-0.05, 0) is 12.0 Å². The van der Waals surface area contributed by atoms with Gasteiger partial charge in [-0.2, -0.15) is 0 Å². The van der Waals surface area contributed by atoms with Crippen LogP contribution in [0.3, 0.4) is 0 Å². The van der Waals surface area contributed by atoms with Gasteiger partial charge in [0.2, 0.25) is 5.13 Å². The normalized spacial score (nSPS) is 10.8. The molecule has 0 saturated heterocycles. The molecule has 0 aliphatic rings. The van der Waals surface area contributed by atoms with Gasteiger partial charge in [0.15, 0.2) is 0 Å². The van der Waals surface area contributed by atoms with E-state index in [4.69, 9.17) is 0 Å². The summed E-state index contributed by atoms with van der Waals surface area (Å²) < 4.78 is 0. The molecule has 17 heavy (non-hydrogen) atoms. The number of hydrogen-bond acceptors (Lipinski definition) is 4. The third-order valence-corrected chi connectivity index (χ3v) is 3.65. The van der Waals surface area contributed by atoms with Crippen LogP contribution >= 0.6 is 11.3 Å². The Balaban J connectivity index is 1.82. The molecule has 2 rings (SSSR count). The van der Waals surface area contributed by atoms with E-state index < -0.39 is 0 Å². The van der Waals surface area contributed by atoms with Gasteiger partial charge >= 0.3 is 0 Å². The predicted molar refractivity (Wildman–Crippen MR) is 72.6 cm³/mol. The van der Waals surface area contributed by atoms with Gasteiger partial charge < -0.3 is 5.32 Å². The van der Waals surface area contributed by atoms with Crippen LogP contribution in [0.5, 0.6) is 0 Å². The molecule has 0 aliphatic carbocycles. The Bertz CT molecular complexity index is 451. The molecule has 2 aromatic rings. The third kappa shape index (κ3) is 3.53. The zero-order valence-corrected chi connectivity index (χ0v) is 11.0. The Labute approximate surface area is 106 Å². The molecule has 1 aromatic carbocycles. The molecule has 0 amide bonds. The number of hydrogen-bond donors (Lipinski definition) is 1. The molecule has 3 nitrogen and oxygen atoms in total. The maximum Gasteiger partial charge on any atom is 0.205 e. The highest BCUT2D eigenvalue weighted by molar-refractivity contribution is 7.15. The average Bonchev–Trinajstić information content (AvgIpc) is 2.79. The fourth-order valence-electron chi connectivity index (χ4n) is 1.50. The van der Waals surface area contributed by atoms with Crippen molar-refractivity contribution in [2.45, 2.75) is 26.2 Å². The van der Waals surface area contributed by atoms with Crippen LogP contribution in [0.15, 0.2) is 30.3 Å². The first-order valence-electron chi connectivity index (χ1n) is 5.87. The fourth-order valence-corrected chi connectivity index (χ4v) is 2.27. The topological polar surface area (TPSA) is 37.8 Å². The molecule has 0 bridgehead atoms. The first-order chi connectivity index (χ1) is 8.25. The maximum absolute atomic E-state index is 4.15. The first kappa shape index (κ1) is 12.0.